The minimum Gasteiger partial charge on any atom is -0.355 e. The molecule has 1 aromatic heterocycles. The molecule has 0 aliphatic carbocycles. The number of nitrogens with zero attached hydrogens (tertiary/aromatic N) is 3. The molecular weight excluding hydrogens is 425 g/mol. The maximum absolute atomic E-state index is 4.30. The first-order valence-corrected chi connectivity index (χ1v) is 8.27. The van der Waals surface area contributed by atoms with Crippen LogP contribution in [0.4, 0.5) is 0 Å². The number of likely N-dealkylation sites (N-methyl/N-ethyl adjacent to an activating group) is 1. The second kappa shape index (κ2) is 11.8. The lowest BCUT2D eigenvalue weighted by Crippen LogP contribution is -2.44. The van der Waals surface area contributed by atoms with Gasteiger partial charge in [-0.1, -0.05) is 36.4 Å². The zero-order valence-corrected chi connectivity index (χ0v) is 17.5. The van der Waals surface area contributed by atoms with Crippen molar-refractivity contribution in [2.24, 2.45) is 4.99 Å². The molecule has 136 valence electrons. The zero-order valence-electron chi connectivity index (χ0n) is 15.1. The van der Waals surface area contributed by atoms with E-state index in [9.17, 15) is 0 Å². The Morgan fingerprint density at radius 3 is 2.48 bits per heavy atom. The van der Waals surface area contributed by atoms with Crippen LogP contribution in [-0.2, 0) is 13.1 Å². The first kappa shape index (κ1) is 21.4. The average Bonchev–Trinajstić information content (AvgIpc) is 2.63. The van der Waals surface area contributed by atoms with E-state index in [2.05, 4.69) is 63.7 Å². The van der Waals surface area contributed by atoms with Gasteiger partial charge in [-0.15, -0.1) is 24.0 Å². The Morgan fingerprint density at radius 1 is 1.12 bits per heavy atom. The highest BCUT2D eigenvalue weighted by atomic mass is 127. The van der Waals surface area contributed by atoms with Gasteiger partial charge < -0.3 is 10.6 Å². The van der Waals surface area contributed by atoms with Crippen molar-refractivity contribution < 1.29 is 0 Å². The summed E-state index contributed by atoms with van der Waals surface area (Å²) in [6, 6.07) is 16.8. The highest BCUT2D eigenvalue weighted by Gasteiger charge is 2.10. The highest BCUT2D eigenvalue weighted by Crippen LogP contribution is 2.05. The topological polar surface area (TPSA) is 52.6 Å². The van der Waals surface area contributed by atoms with E-state index in [0.29, 0.717) is 12.6 Å². The number of hydrogen-bond donors (Lipinski definition) is 2. The standard InChI is InChI=1S/C19H27N5.HI/c1-16(24(3)15-17-9-5-4-6-10-17)13-22-19(20-2)23-14-18-11-7-8-12-21-18;/h4-12,16H,13-15H2,1-3H3,(H2,20,22,23);1H. The largest absolute Gasteiger partial charge is 0.355 e. The summed E-state index contributed by atoms with van der Waals surface area (Å²) in [5.74, 6) is 0.792. The van der Waals surface area contributed by atoms with Crippen molar-refractivity contribution in [1.82, 2.24) is 20.5 Å². The van der Waals surface area contributed by atoms with Gasteiger partial charge in [-0.3, -0.25) is 14.9 Å². The number of aromatic nitrogens is 1. The molecule has 2 aromatic rings. The molecule has 1 atom stereocenters. The summed E-state index contributed by atoms with van der Waals surface area (Å²) in [5.41, 5.74) is 2.32. The fourth-order valence-corrected chi connectivity index (χ4v) is 2.33. The SMILES string of the molecule is CN=C(NCc1ccccn1)NCC(C)N(C)Cc1ccccc1.I. The number of guanidine groups is 1. The molecule has 0 bridgehead atoms. The third-order valence-corrected chi connectivity index (χ3v) is 3.98. The molecule has 2 rings (SSSR count). The minimum atomic E-state index is 0. The van der Waals surface area contributed by atoms with Crippen molar-refractivity contribution in [2.75, 3.05) is 20.6 Å². The lowest BCUT2D eigenvalue weighted by Gasteiger charge is -2.25. The van der Waals surface area contributed by atoms with E-state index in [-0.39, 0.29) is 24.0 Å². The second-order valence-electron chi connectivity index (χ2n) is 5.88. The predicted octanol–water partition coefficient (Wildman–Crippen LogP) is 2.89. The summed E-state index contributed by atoms with van der Waals surface area (Å²) in [6.07, 6.45) is 1.80. The van der Waals surface area contributed by atoms with Crippen molar-refractivity contribution in [1.29, 1.82) is 0 Å². The fourth-order valence-electron chi connectivity index (χ4n) is 2.33. The summed E-state index contributed by atoms with van der Waals surface area (Å²) in [5, 5.41) is 6.66. The van der Waals surface area contributed by atoms with E-state index in [4.69, 9.17) is 0 Å². The summed E-state index contributed by atoms with van der Waals surface area (Å²) in [4.78, 5) is 10.9. The van der Waals surface area contributed by atoms with Crippen LogP contribution in [0.25, 0.3) is 0 Å². The monoisotopic (exact) mass is 453 g/mol. The Bertz CT molecular complexity index is 618. The van der Waals surface area contributed by atoms with E-state index in [1.54, 1.807) is 13.2 Å². The second-order valence-corrected chi connectivity index (χ2v) is 5.88. The Labute approximate surface area is 168 Å². The molecule has 0 aliphatic heterocycles. The lowest BCUT2D eigenvalue weighted by molar-refractivity contribution is 0.249. The maximum atomic E-state index is 4.30. The van der Waals surface area contributed by atoms with Gasteiger partial charge in [0.15, 0.2) is 5.96 Å². The zero-order chi connectivity index (χ0) is 17.2. The van der Waals surface area contributed by atoms with E-state index < -0.39 is 0 Å². The van der Waals surface area contributed by atoms with E-state index in [1.165, 1.54) is 5.56 Å². The summed E-state index contributed by atoms with van der Waals surface area (Å²) < 4.78 is 0. The molecule has 0 saturated carbocycles. The fraction of sp³-hybridized carbons (Fsp3) is 0.368. The minimum absolute atomic E-state index is 0. The number of pyridine rings is 1. The molecular formula is C19H28IN5. The van der Waals surface area contributed by atoms with Gasteiger partial charge in [-0.05, 0) is 31.7 Å². The molecule has 25 heavy (non-hydrogen) atoms. The maximum Gasteiger partial charge on any atom is 0.191 e. The number of nitrogens with one attached hydrogen (secondary N) is 2. The van der Waals surface area contributed by atoms with Gasteiger partial charge in [0.1, 0.15) is 0 Å². The van der Waals surface area contributed by atoms with Crippen LogP contribution in [0, 0.1) is 0 Å². The number of benzene rings is 1. The third-order valence-electron chi connectivity index (χ3n) is 3.98. The molecule has 0 aliphatic rings. The Balaban J connectivity index is 0.00000312. The first-order valence-electron chi connectivity index (χ1n) is 8.27. The molecule has 1 aromatic carbocycles. The average molecular weight is 453 g/mol. The molecule has 0 amide bonds. The van der Waals surface area contributed by atoms with Gasteiger partial charge >= 0.3 is 0 Å². The lowest BCUT2D eigenvalue weighted by atomic mass is 10.2. The van der Waals surface area contributed by atoms with Gasteiger partial charge in [0.05, 0.1) is 12.2 Å². The van der Waals surface area contributed by atoms with E-state index in [0.717, 1.165) is 24.7 Å². The third kappa shape index (κ3) is 7.83. The number of rotatable bonds is 7. The molecule has 2 N–H and O–H groups in total. The van der Waals surface area contributed by atoms with Crippen LogP contribution in [0.15, 0.2) is 59.7 Å². The van der Waals surface area contributed by atoms with Crippen LogP contribution in [-0.4, -0.2) is 42.5 Å². The van der Waals surface area contributed by atoms with Crippen LogP contribution >= 0.6 is 24.0 Å². The summed E-state index contributed by atoms with van der Waals surface area (Å²) in [7, 11) is 3.93. The molecule has 0 fully saturated rings. The van der Waals surface area contributed by atoms with Crippen LogP contribution in [0.5, 0.6) is 0 Å². The van der Waals surface area contributed by atoms with Gasteiger partial charge in [0.2, 0.25) is 0 Å². The molecule has 5 nitrogen and oxygen atoms in total. The molecule has 0 spiro atoms. The van der Waals surface area contributed by atoms with E-state index >= 15 is 0 Å². The van der Waals surface area contributed by atoms with Crippen LogP contribution in [0.1, 0.15) is 18.2 Å². The molecule has 0 saturated heterocycles. The van der Waals surface area contributed by atoms with Crippen molar-refractivity contribution in [3.8, 4) is 0 Å². The smallest absolute Gasteiger partial charge is 0.191 e. The molecule has 0 radical (unpaired) electrons. The Hall–Kier alpha value is -1.67. The first-order chi connectivity index (χ1) is 11.7. The predicted molar refractivity (Wildman–Crippen MR) is 115 cm³/mol. The van der Waals surface area contributed by atoms with Crippen LogP contribution < -0.4 is 10.6 Å². The van der Waals surface area contributed by atoms with Crippen LogP contribution in [0.3, 0.4) is 0 Å². The number of hydrogen-bond acceptors (Lipinski definition) is 3. The molecule has 6 heteroatoms. The molecule has 1 unspecified atom stereocenters. The van der Waals surface area contributed by atoms with Crippen molar-refractivity contribution in [3.63, 3.8) is 0 Å². The Kier molecular flexibility index (Phi) is 10.1. The molecule has 1 heterocycles. The normalized spacial score (nSPS) is 12.4. The van der Waals surface area contributed by atoms with Gasteiger partial charge in [-0.25, -0.2) is 0 Å². The van der Waals surface area contributed by atoms with Gasteiger partial charge in [0.25, 0.3) is 0 Å². The van der Waals surface area contributed by atoms with E-state index in [1.807, 2.05) is 24.3 Å². The summed E-state index contributed by atoms with van der Waals surface area (Å²) >= 11 is 0. The highest BCUT2D eigenvalue weighted by molar-refractivity contribution is 14.0. The van der Waals surface area contributed by atoms with Crippen molar-refractivity contribution in [2.45, 2.75) is 26.1 Å². The number of halogens is 1. The quantitative estimate of drug-likeness (QED) is 0.385. The summed E-state index contributed by atoms with van der Waals surface area (Å²) in [6.45, 7) is 4.63. The van der Waals surface area contributed by atoms with Crippen molar-refractivity contribution >= 4 is 29.9 Å². The number of aliphatic imine (C=N–C) groups is 1. The van der Waals surface area contributed by atoms with Crippen molar-refractivity contribution in [3.05, 3.63) is 66.0 Å². The van der Waals surface area contributed by atoms with Gasteiger partial charge in [0, 0.05) is 32.4 Å². The van der Waals surface area contributed by atoms with Crippen LogP contribution in [0.2, 0.25) is 0 Å². The Morgan fingerprint density at radius 2 is 1.84 bits per heavy atom. The van der Waals surface area contributed by atoms with Gasteiger partial charge in [-0.2, -0.15) is 0 Å².